The molecule has 2 nitrogen and oxygen atoms in total. The number of carbonyl (C=O) groups is 1. The Kier molecular flexibility index (Phi) is 2.88. The molecule has 0 aliphatic heterocycles. The molecule has 0 atom stereocenters. The highest BCUT2D eigenvalue weighted by molar-refractivity contribution is 6.08. The van der Waals surface area contributed by atoms with Crippen LogP contribution in [0, 0.1) is 0 Å². The van der Waals surface area contributed by atoms with Gasteiger partial charge >= 0.3 is 0 Å². The van der Waals surface area contributed by atoms with Gasteiger partial charge in [-0.3, -0.25) is 9.78 Å². The van der Waals surface area contributed by atoms with Gasteiger partial charge in [0.05, 0.1) is 5.69 Å². The first-order valence-corrected chi connectivity index (χ1v) is 4.86. The molecule has 1 aliphatic carbocycles. The molecule has 0 saturated heterocycles. The van der Waals surface area contributed by atoms with Crippen molar-refractivity contribution in [1.29, 1.82) is 0 Å². The SMILES string of the molecule is O=C(/C=C/c1ccccn1)C1=CCC=C1. The van der Waals surface area contributed by atoms with E-state index in [4.69, 9.17) is 0 Å². The maximum Gasteiger partial charge on any atom is 0.185 e. The van der Waals surface area contributed by atoms with E-state index in [0.717, 1.165) is 17.7 Å². The molecule has 0 saturated carbocycles. The van der Waals surface area contributed by atoms with Crippen LogP contribution in [0.15, 0.2) is 54.3 Å². The lowest BCUT2D eigenvalue weighted by Crippen LogP contribution is -1.93. The minimum atomic E-state index is 0.0365. The summed E-state index contributed by atoms with van der Waals surface area (Å²) in [5, 5.41) is 0. The average molecular weight is 197 g/mol. The largest absolute Gasteiger partial charge is 0.289 e. The number of hydrogen-bond donors (Lipinski definition) is 0. The zero-order valence-electron chi connectivity index (χ0n) is 8.26. The number of rotatable bonds is 3. The number of allylic oxidation sites excluding steroid dienone is 5. The first-order valence-electron chi connectivity index (χ1n) is 4.86. The third-order valence-electron chi connectivity index (χ3n) is 2.15. The number of hydrogen-bond acceptors (Lipinski definition) is 2. The van der Waals surface area contributed by atoms with Gasteiger partial charge in [-0.25, -0.2) is 0 Å². The lowest BCUT2D eigenvalue weighted by molar-refractivity contribution is -0.111. The molecule has 0 N–H and O–H groups in total. The molecule has 2 rings (SSSR count). The van der Waals surface area contributed by atoms with Gasteiger partial charge in [0, 0.05) is 11.8 Å². The van der Waals surface area contributed by atoms with Gasteiger partial charge in [0.25, 0.3) is 0 Å². The van der Waals surface area contributed by atoms with E-state index < -0.39 is 0 Å². The molecule has 0 radical (unpaired) electrons. The van der Waals surface area contributed by atoms with Crippen molar-refractivity contribution in [3.8, 4) is 0 Å². The second-order valence-electron chi connectivity index (χ2n) is 3.25. The average Bonchev–Trinajstić information content (AvgIpc) is 2.81. The van der Waals surface area contributed by atoms with Crippen molar-refractivity contribution >= 4 is 11.9 Å². The predicted octanol–water partition coefficient (Wildman–Crippen LogP) is 2.55. The van der Waals surface area contributed by atoms with Crippen molar-refractivity contribution < 1.29 is 4.79 Å². The van der Waals surface area contributed by atoms with Gasteiger partial charge in [0.15, 0.2) is 5.78 Å². The van der Waals surface area contributed by atoms with Crippen molar-refractivity contribution in [3.63, 3.8) is 0 Å². The minimum Gasteiger partial charge on any atom is -0.289 e. The van der Waals surface area contributed by atoms with Crippen LogP contribution < -0.4 is 0 Å². The summed E-state index contributed by atoms with van der Waals surface area (Å²) in [4.78, 5) is 15.7. The molecule has 1 aromatic rings. The summed E-state index contributed by atoms with van der Waals surface area (Å²) in [6.45, 7) is 0. The van der Waals surface area contributed by atoms with E-state index in [9.17, 15) is 4.79 Å². The Morgan fingerprint density at radius 3 is 3.00 bits per heavy atom. The molecule has 74 valence electrons. The molecule has 0 fully saturated rings. The minimum absolute atomic E-state index is 0.0365. The predicted molar refractivity (Wildman–Crippen MR) is 60.1 cm³/mol. The van der Waals surface area contributed by atoms with E-state index in [1.807, 2.05) is 36.4 Å². The molecule has 0 amide bonds. The Morgan fingerprint density at radius 2 is 2.33 bits per heavy atom. The molecule has 0 unspecified atom stereocenters. The standard InChI is InChI=1S/C13H11NO/c15-13(11-5-1-2-6-11)9-8-12-7-3-4-10-14-12/h1,3-10H,2H2/b9-8+. The van der Waals surface area contributed by atoms with Crippen molar-refractivity contribution in [3.05, 3.63) is 60.0 Å². The van der Waals surface area contributed by atoms with Gasteiger partial charge in [-0.05, 0) is 30.7 Å². The molecule has 0 spiro atoms. The number of aromatic nitrogens is 1. The molecule has 15 heavy (non-hydrogen) atoms. The van der Waals surface area contributed by atoms with Crippen LogP contribution in [0.25, 0.3) is 6.08 Å². The fourth-order valence-corrected chi connectivity index (χ4v) is 1.37. The van der Waals surface area contributed by atoms with Gasteiger partial charge in [-0.1, -0.05) is 24.3 Å². The summed E-state index contributed by atoms with van der Waals surface area (Å²) >= 11 is 0. The van der Waals surface area contributed by atoms with E-state index >= 15 is 0 Å². The lowest BCUT2D eigenvalue weighted by Gasteiger charge is -1.92. The third kappa shape index (κ3) is 2.50. The van der Waals surface area contributed by atoms with E-state index in [1.54, 1.807) is 18.3 Å². The van der Waals surface area contributed by atoms with Crippen molar-refractivity contribution in [2.75, 3.05) is 0 Å². The van der Waals surface area contributed by atoms with Crippen LogP contribution in [0.2, 0.25) is 0 Å². The summed E-state index contributed by atoms with van der Waals surface area (Å²) in [5.41, 5.74) is 1.57. The third-order valence-corrected chi connectivity index (χ3v) is 2.15. The number of ketones is 1. The molecule has 0 bridgehead atoms. The van der Waals surface area contributed by atoms with Crippen LogP contribution >= 0.6 is 0 Å². The Hall–Kier alpha value is -1.96. The normalized spacial score (nSPS) is 14.5. The number of pyridine rings is 1. The smallest absolute Gasteiger partial charge is 0.185 e. The zero-order valence-corrected chi connectivity index (χ0v) is 8.26. The highest BCUT2D eigenvalue weighted by Crippen LogP contribution is 2.10. The topological polar surface area (TPSA) is 30.0 Å². The van der Waals surface area contributed by atoms with Crippen molar-refractivity contribution in [2.24, 2.45) is 0 Å². The highest BCUT2D eigenvalue weighted by atomic mass is 16.1. The fourth-order valence-electron chi connectivity index (χ4n) is 1.37. The van der Waals surface area contributed by atoms with Gasteiger partial charge < -0.3 is 0 Å². The first kappa shape index (κ1) is 9.59. The van der Waals surface area contributed by atoms with E-state index in [1.165, 1.54) is 0 Å². The number of carbonyl (C=O) groups excluding carboxylic acids is 1. The van der Waals surface area contributed by atoms with E-state index in [-0.39, 0.29) is 5.78 Å². The summed E-state index contributed by atoms with van der Waals surface area (Å²) in [7, 11) is 0. The van der Waals surface area contributed by atoms with Gasteiger partial charge in [-0.15, -0.1) is 0 Å². The zero-order chi connectivity index (χ0) is 10.5. The first-order chi connectivity index (χ1) is 7.36. The van der Waals surface area contributed by atoms with Crippen LogP contribution in [0.1, 0.15) is 12.1 Å². The van der Waals surface area contributed by atoms with Crippen LogP contribution in [-0.4, -0.2) is 10.8 Å². The maximum absolute atomic E-state index is 11.6. The molecular formula is C13H11NO. The second kappa shape index (κ2) is 4.51. The molecule has 1 aliphatic rings. The fraction of sp³-hybridized carbons (Fsp3) is 0.0769. The summed E-state index contributed by atoms with van der Waals surface area (Å²) in [6, 6.07) is 5.61. The van der Waals surface area contributed by atoms with Gasteiger partial charge in [0.1, 0.15) is 0 Å². The Balaban J connectivity index is 2.06. The van der Waals surface area contributed by atoms with Gasteiger partial charge in [0.2, 0.25) is 0 Å². The monoisotopic (exact) mass is 197 g/mol. The highest BCUT2D eigenvalue weighted by Gasteiger charge is 2.04. The molecule has 1 heterocycles. The second-order valence-corrected chi connectivity index (χ2v) is 3.25. The van der Waals surface area contributed by atoms with Crippen LogP contribution in [0.5, 0.6) is 0 Å². The summed E-state index contributed by atoms with van der Waals surface area (Å²) in [5.74, 6) is 0.0365. The number of nitrogens with zero attached hydrogens (tertiary/aromatic N) is 1. The molecule has 1 aromatic heterocycles. The Labute approximate surface area is 88.7 Å². The lowest BCUT2D eigenvalue weighted by atomic mass is 10.1. The molecular weight excluding hydrogens is 186 g/mol. The Bertz CT molecular complexity index is 441. The quantitative estimate of drug-likeness (QED) is 0.697. The molecule has 0 aromatic carbocycles. The van der Waals surface area contributed by atoms with E-state index in [2.05, 4.69) is 4.98 Å². The summed E-state index contributed by atoms with van der Waals surface area (Å²) < 4.78 is 0. The van der Waals surface area contributed by atoms with Crippen molar-refractivity contribution in [1.82, 2.24) is 4.98 Å². The van der Waals surface area contributed by atoms with Crippen LogP contribution in [0.4, 0.5) is 0 Å². The van der Waals surface area contributed by atoms with Gasteiger partial charge in [-0.2, -0.15) is 0 Å². The Morgan fingerprint density at radius 1 is 1.40 bits per heavy atom. The maximum atomic E-state index is 11.6. The van der Waals surface area contributed by atoms with Crippen LogP contribution in [-0.2, 0) is 4.79 Å². The van der Waals surface area contributed by atoms with Crippen LogP contribution in [0.3, 0.4) is 0 Å². The van der Waals surface area contributed by atoms with E-state index in [0.29, 0.717) is 0 Å². The van der Waals surface area contributed by atoms with Crippen molar-refractivity contribution in [2.45, 2.75) is 6.42 Å². The summed E-state index contributed by atoms with van der Waals surface area (Å²) in [6.07, 6.45) is 11.6. The molecule has 2 heteroatoms.